The van der Waals surface area contributed by atoms with Gasteiger partial charge in [-0.05, 0) is 66.6 Å². The van der Waals surface area contributed by atoms with Gasteiger partial charge in [-0.3, -0.25) is 0 Å². The summed E-state index contributed by atoms with van der Waals surface area (Å²) < 4.78 is 20.4. The van der Waals surface area contributed by atoms with Crippen LogP contribution in [-0.4, -0.2) is 25.4 Å². The third-order valence-corrected chi connectivity index (χ3v) is 5.49. The molecule has 142 valence electrons. The first-order valence-electron chi connectivity index (χ1n) is 8.73. The summed E-state index contributed by atoms with van der Waals surface area (Å²) >= 11 is 1.49. The van der Waals surface area contributed by atoms with Crippen LogP contribution < -0.4 is 0 Å². The predicted octanol–water partition coefficient (Wildman–Crippen LogP) is 4.67. The summed E-state index contributed by atoms with van der Waals surface area (Å²) in [5, 5.41) is 17.0. The van der Waals surface area contributed by atoms with Gasteiger partial charge in [0.2, 0.25) is 5.16 Å². The molecule has 8 heteroatoms. The van der Waals surface area contributed by atoms with Gasteiger partial charge in [0.1, 0.15) is 5.82 Å². The number of hydrogen-bond acceptors (Lipinski definition) is 6. The number of benzene rings is 2. The lowest BCUT2D eigenvalue weighted by molar-refractivity contribution is 0.426. The lowest BCUT2D eigenvalue weighted by atomic mass is 10.1. The van der Waals surface area contributed by atoms with Gasteiger partial charge in [0.15, 0.2) is 5.76 Å². The fourth-order valence-electron chi connectivity index (χ4n) is 3.06. The van der Waals surface area contributed by atoms with Crippen molar-refractivity contribution in [1.29, 1.82) is 0 Å². The molecule has 4 aromatic rings. The second-order valence-electron chi connectivity index (χ2n) is 6.49. The van der Waals surface area contributed by atoms with Gasteiger partial charge in [-0.25, -0.2) is 4.39 Å². The molecule has 28 heavy (non-hydrogen) atoms. The van der Waals surface area contributed by atoms with Gasteiger partial charge in [0.25, 0.3) is 0 Å². The fourth-order valence-corrected chi connectivity index (χ4v) is 3.94. The van der Waals surface area contributed by atoms with Gasteiger partial charge >= 0.3 is 0 Å². The lowest BCUT2D eigenvalue weighted by Crippen LogP contribution is -2.04. The van der Waals surface area contributed by atoms with E-state index in [0.717, 1.165) is 33.6 Å². The monoisotopic (exact) mass is 395 g/mol. The minimum atomic E-state index is -0.282. The van der Waals surface area contributed by atoms with E-state index in [1.807, 2.05) is 39.0 Å². The van der Waals surface area contributed by atoms with E-state index in [1.165, 1.54) is 23.9 Å². The number of aromatic nitrogens is 5. The zero-order chi connectivity index (χ0) is 19.7. The fraction of sp³-hybridized carbons (Fsp3) is 0.200. The van der Waals surface area contributed by atoms with Gasteiger partial charge in [-0.2, -0.15) is 4.68 Å². The zero-order valence-corrected chi connectivity index (χ0v) is 16.5. The van der Waals surface area contributed by atoms with Crippen LogP contribution in [-0.2, 0) is 5.75 Å². The van der Waals surface area contributed by atoms with Crippen LogP contribution in [0.1, 0.15) is 22.4 Å². The average Bonchev–Trinajstić information content (AvgIpc) is 3.27. The summed E-state index contributed by atoms with van der Waals surface area (Å²) in [6.45, 7) is 6.02. The normalized spacial score (nSPS) is 11.1. The van der Waals surface area contributed by atoms with Crippen molar-refractivity contribution in [2.24, 2.45) is 0 Å². The van der Waals surface area contributed by atoms with Gasteiger partial charge < -0.3 is 4.52 Å². The Labute approximate surface area is 165 Å². The van der Waals surface area contributed by atoms with Crippen molar-refractivity contribution in [3.05, 3.63) is 70.7 Å². The molecule has 0 fully saturated rings. The summed E-state index contributed by atoms with van der Waals surface area (Å²) in [5.41, 5.74) is 5.71. The van der Waals surface area contributed by atoms with Crippen LogP contribution in [0.3, 0.4) is 0 Å². The molecule has 0 aliphatic heterocycles. The molecule has 4 rings (SSSR count). The molecule has 0 atom stereocenters. The van der Waals surface area contributed by atoms with Gasteiger partial charge in [-0.15, -0.1) is 5.10 Å². The van der Waals surface area contributed by atoms with Crippen LogP contribution in [0.25, 0.3) is 17.0 Å². The molecule has 0 amide bonds. The summed E-state index contributed by atoms with van der Waals surface area (Å²) in [7, 11) is 0. The van der Waals surface area contributed by atoms with E-state index in [4.69, 9.17) is 4.52 Å². The number of halogens is 1. The van der Waals surface area contributed by atoms with Gasteiger partial charge in [0.05, 0.1) is 11.4 Å². The van der Waals surface area contributed by atoms with Crippen molar-refractivity contribution in [3.63, 3.8) is 0 Å². The number of rotatable bonds is 5. The van der Waals surface area contributed by atoms with Crippen molar-refractivity contribution >= 4 is 11.8 Å². The van der Waals surface area contributed by atoms with Crippen molar-refractivity contribution in [2.75, 3.05) is 0 Å². The number of aryl methyl sites for hydroxylation is 2. The molecule has 0 radical (unpaired) electrons. The molecule has 0 saturated carbocycles. The molecular formula is C20H18FN5OS. The third-order valence-electron chi connectivity index (χ3n) is 4.56. The molecular weight excluding hydrogens is 377 g/mol. The average molecular weight is 395 g/mol. The molecule has 0 spiro atoms. The number of para-hydroxylation sites is 1. The van der Waals surface area contributed by atoms with Crippen LogP contribution in [0.4, 0.5) is 4.39 Å². The van der Waals surface area contributed by atoms with E-state index in [0.29, 0.717) is 16.7 Å². The molecule has 6 nitrogen and oxygen atoms in total. The number of thioether (sulfide) groups is 1. The van der Waals surface area contributed by atoms with E-state index < -0.39 is 0 Å². The maximum Gasteiger partial charge on any atom is 0.214 e. The highest BCUT2D eigenvalue weighted by atomic mass is 32.2. The largest absolute Gasteiger partial charge is 0.356 e. The molecule has 0 aliphatic rings. The molecule has 0 saturated heterocycles. The van der Waals surface area contributed by atoms with E-state index in [2.05, 4.69) is 20.7 Å². The Kier molecular flexibility index (Phi) is 4.95. The van der Waals surface area contributed by atoms with Crippen molar-refractivity contribution in [2.45, 2.75) is 31.7 Å². The van der Waals surface area contributed by atoms with Crippen LogP contribution in [0.15, 0.2) is 52.1 Å². The standard InChI is InChI=1S/C20H18FN5OS/c1-12-5-4-6-13(2)18(12)26-20(22-24-25-26)28-11-17-14(3)19(27-23-17)15-7-9-16(21)10-8-15/h4-10H,11H2,1-3H3. The van der Waals surface area contributed by atoms with Gasteiger partial charge in [-0.1, -0.05) is 35.1 Å². The molecule has 0 N–H and O–H groups in total. The maximum atomic E-state index is 13.1. The Balaban J connectivity index is 1.57. The second-order valence-corrected chi connectivity index (χ2v) is 7.44. The molecule has 0 bridgehead atoms. The zero-order valence-electron chi connectivity index (χ0n) is 15.7. The highest BCUT2D eigenvalue weighted by molar-refractivity contribution is 7.98. The van der Waals surface area contributed by atoms with Crippen molar-refractivity contribution in [3.8, 4) is 17.0 Å². The molecule has 2 aromatic carbocycles. The van der Waals surface area contributed by atoms with Crippen molar-refractivity contribution < 1.29 is 8.91 Å². The van der Waals surface area contributed by atoms with E-state index in [-0.39, 0.29) is 5.82 Å². The van der Waals surface area contributed by atoms with Gasteiger partial charge in [0, 0.05) is 16.9 Å². The lowest BCUT2D eigenvalue weighted by Gasteiger charge is -2.10. The summed E-state index contributed by atoms with van der Waals surface area (Å²) in [6, 6.07) is 12.3. The van der Waals surface area contributed by atoms with Crippen molar-refractivity contribution in [1.82, 2.24) is 25.4 Å². The minimum Gasteiger partial charge on any atom is -0.356 e. The third kappa shape index (κ3) is 3.43. The van der Waals surface area contributed by atoms with E-state index in [9.17, 15) is 4.39 Å². The van der Waals surface area contributed by atoms with Crippen LogP contribution in [0.2, 0.25) is 0 Å². The summed E-state index contributed by atoms with van der Waals surface area (Å²) in [6.07, 6.45) is 0. The first-order chi connectivity index (χ1) is 13.5. The first kappa shape index (κ1) is 18.4. The number of tetrazole rings is 1. The van der Waals surface area contributed by atoms with Crippen LogP contribution in [0.5, 0.6) is 0 Å². The molecule has 0 unspecified atom stereocenters. The topological polar surface area (TPSA) is 69.6 Å². The van der Waals surface area contributed by atoms with Crippen LogP contribution >= 0.6 is 11.8 Å². The Bertz CT molecular complexity index is 1100. The summed E-state index contributed by atoms with van der Waals surface area (Å²) in [5.74, 6) is 0.918. The second kappa shape index (κ2) is 7.55. The Morgan fingerprint density at radius 1 is 1.04 bits per heavy atom. The highest BCUT2D eigenvalue weighted by Gasteiger charge is 2.17. The maximum absolute atomic E-state index is 13.1. The minimum absolute atomic E-state index is 0.282. The van der Waals surface area contributed by atoms with E-state index in [1.54, 1.807) is 16.8 Å². The Hall–Kier alpha value is -3.00. The quantitative estimate of drug-likeness (QED) is 0.457. The first-order valence-corrected chi connectivity index (χ1v) is 9.72. The molecule has 2 aromatic heterocycles. The predicted molar refractivity (Wildman–Crippen MR) is 105 cm³/mol. The number of hydrogen-bond donors (Lipinski definition) is 0. The SMILES string of the molecule is Cc1cccc(C)c1-n1nnnc1SCc1noc(-c2ccc(F)cc2)c1C. The summed E-state index contributed by atoms with van der Waals surface area (Å²) in [4.78, 5) is 0. The smallest absolute Gasteiger partial charge is 0.214 e. The van der Waals surface area contributed by atoms with E-state index >= 15 is 0 Å². The Morgan fingerprint density at radius 3 is 2.46 bits per heavy atom. The molecule has 2 heterocycles. The Morgan fingerprint density at radius 2 is 1.75 bits per heavy atom. The van der Waals surface area contributed by atoms with Crippen LogP contribution in [0, 0.1) is 26.6 Å². The highest BCUT2D eigenvalue weighted by Crippen LogP contribution is 2.30. The molecule has 0 aliphatic carbocycles. The number of nitrogens with zero attached hydrogens (tertiary/aromatic N) is 5.